The minimum atomic E-state index is -0.391. The molecule has 0 radical (unpaired) electrons. The number of hydrogen-bond donors (Lipinski definition) is 1. The van der Waals surface area contributed by atoms with Crippen LogP contribution in [0.25, 0.3) is 6.08 Å². The van der Waals surface area contributed by atoms with Crippen molar-refractivity contribution in [3.8, 4) is 0 Å². The SMILES string of the molecule is O=Nc1ccc(C=CCCC[C@H](O)c2ccccc2)cc1. The van der Waals surface area contributed by atoms with Crippen molar-refractivity contribution in [1.82, 2.24) is 0 Å². The summed E-state index contributed by atoms with van der Waals surface area (Å²) < 4.78 is 0. The fourth-order valence-electron chi connectivity index (χ4n) is 2.14. The molecule has 1 atom stereocenters. The Morgan fingerprint density at radius 1 is 1.05 bits per heavy atom. The van der Waals surface area contributed by atoms with Crippen LogP contribution in [0.3, 0.4) is 0 Å². The summed E-state index contributed by atoms with van der Waals surface area (Å²) in [5.41, 5.74) is 2.46. The first kappa shape index (κ1) is 15.1. The second-order valence-electron chi connectivity index (χ2n) is 4.94. The van der Waals surface area contributed by atoms with Crippen LogP contribution in [0.15, 0.2) is 65.9 Å². The average molecular weight is 281 g/mol. The molecule has 0 aromatic heterocycles. The van der Waals surface area contributed by atoms with E-state index in [0.717, 1.165) is 30.4 Å². The maximum atomic E-state index is 10.3. The fourth-order valence-corrected chi connectivity index (χ4v) is 2.14. The second kappa shape index (κ2) is 8.12. The van der Waals surface area contributed by atoms with E-state index in [1.807, 2.05) is 48.5 Å². The van der Waals surface area contributed by atoms with E-state index in [2.05, 4.69) is 11.3 Å². The van der Waals surface area contributed by atoms with E-state index in [4.69, 9.17) is 0 Å². The Kier molecular flexibility index (Phi) is 5.85. The van der Waals surface area contributed by atoms with E-state index in [9.17, 15) is 10.0 Å². The maximum absolute atomic E-state index is 10.3. The molecule has 0 saturated carbocycles. The van der Waals surface area contributed by atoms with E-state index >= 15 is 0 Å². The minimum absolute atomic E-state index is 0.391. The van der Waals surface area contributed by atoms with Crippen molar-refractivity contribution in [2.45, 2.75) is 25.4 Å². The highest BCUT2D eigenvalue weighted by atomic mass is 16.3. The Hall–Kier alpha value is -2.26. The molecule has 0 aliphatic carbocycles. The van der Waals surface area contributed by atoms with Crippen LogP contribution in [0.5, 0.6) is 0 Å². The lowest BCUT2D eigenvalue weighted by atomic mass is 10.0. The monoisotopic (exact) mass is 281 g/mol. The van der Waals surface area contributed by atoms with Gasteiger partial charge in [-0.25, -0.2) is 0 Å². The van der Waals surface area contributed by atoms with Crippen molar-refractivity contribution >= 4 is 11.8 Å². The normalized spacial score (nSPS) is 12.4. The molecule has 0 amide bonds. The maximum Gasteiger partial charge on any atom is 0.108 e. The van der Waals surface area contributed by atoms with Gasteiger partial charge in [0.15, 0.2) is 0 Å². The van der Waals surface area contributed by atoms with Gasteiger partial charge < -0.3 is 5.11 Å². The number of aliphatic hydroxyl groups excluding tert-OH is 1. The topological polar surface area (TPSA) is 49.7 Å². The van der Waals surface area contributed by atoms with E-state index < -0.39 is 6.10 Å². The molecule has 0 aliphatic rings. The molecule has 108 valence electrons. The summed E-state index contributed by atoms with van der Waals surface area (Å²) in [6, 6.07) is 16.9. The number of benzene rings is 2. The van der Waals surface area contributed by atoms with Crippen LogP contribution < -0.4 is 0 Å². The zero-order chi connectivity index (χ0) is 14.9. The summed E-state index contributed by atoms with van der Waals surface area (Å²) in [5.74, 6) is 0. The van der Waals surface area contributed by atoms with Gasteiger partial charge in [-0.3, -0.25) is 0 Å². The van der Waals surface area contributed by atoms with Crippen LogP contribution in [0.2, 0.25) is 0 Å². The van der Waals surface area contributed by atoms with Crippen LogP contribution in [0.4, 0.5) is 5.69 Å². The summed E-state index contributed by atoms with van der Waals surface area (Å²) in [7, 11) is 0. The van der Waals surface area contributed by atoms with E-state index in [1.165, 1.54) is 0 Å². The summed E-state index contributed by atoms with van der Waals surface area (Å²) >= 11 is 0. The molecule has 0 heterocycles. The van der Waals surface area contributed by atoms with Gasteiger partial charge in [0.2, 0.25) is 0 Å². The first-order valence-electron chi connectivity index (χ1n) is 7.12. The van der Waals surface area contributed by atoms with E-state index in [0.29, 0.717) is 5.69 Å². The minimum Gasteiger partial charge on any atom is -0.388 e. The van der Waals surface area contributed by atoms with Crippen molar-refractivity contribution in [3.63, 3.8) is 0 Å². The molecule has 0 fully saturated rings. The Balaban J connectivity index is 1.73. The van der Waals surface area contributed by atoms with Crippen LogP contribution >= 0.6 is 0 Å². The highest BCUT2D eigenvalue weighted by Gasteiger charge is 2.04. The molecule has 0 spiro atoms. The first-order valence-corrected chi connectivity index (χ1v) is 7.12. The second-order valence-corrected chi connectivity index (χ2v) is 4.94. The first-order chi connectivity index (χ1) is 10.3. The summed E-state index contributed by atoms with van der Waals surface area (Å²) in [6.07, 6.45) is 6.31. The van der Waals surface area contributed by atoms with Gasteiger partial charge in [-0.05, 0) is 47.7 Å². The largest absolute Gasteiger partial charge is 0.388 e. The molecule has 2 rings (SSSR count). The molecule has 21 heavy (non-hydrogen) atoms. The summed E-state index contributed by atoms with van der Waals surface area (Å²) in [4.78, 5) is 10.3. The van der Waals surface area contributed by atoms with Crippen LogP contribution in [-0.4, -0.2) is 5.11 Å². The molecule has 2 aromatic carbocycles. The number of hydrogen-bond acceptors (Lipinski definition) is 3. The molecule has 0 saturated heterocycles. The number of aliphatic hydroxyl groups is 1. The third kappa shape index (κ3) is 4.97. The lowest BCUT2D eigenvalue weighted by molar-refractivity contribution is 0.165. The zero-order valence-corrected chi connectivity index (χ0v) is 11.9. The highest BCUT2D eigenvalue weighted by molar-refractivity contribution is 5.52. The summed E-state index contributed by atoms with van der Waals surface area (Å²) in [5, 5.41) is 12.9. The van der Waals surface area contributed by atoms with Crippen molar-refractivity contribution in [2.75, 3.05) is 0 Å². The molecule has 2 aromatic rings. The number of allylic oxidation sites excluding steroid dienone is 1. The van der Waals surface area contributed by atoms with Crippen LogP contribution in [-0.2, 0) is 0 Å². The average Bonchev–Trinajstić information content (AvgIpc) is 2.55. The van der Waals surface area contributed by atoms with Gasteiger partial charge in [0.1, 0.15) is 5.69 Å². The third-order valence-electron chi connectivity index (χ3n) is 3.34. The quantitative estimate of drug-likeness (QED) is 0.573. The predicted molar refractivity (Wildman–Crippen MR) is 86.2 cm³/mol. The van der Waals surface area contributed by atoms with Crippen LogP contribution in [0, 0.1) is 4.91 Å². The molecule has 3 nitrogen and oxygen atoms in total. The molecule has 0 bridgehead atoms. The Morgan fingerprint density at radius 3 is 2.43 bits per heavy atom. The van der Waals surface area contributed by atoms with E-state index in [-0.39, 0.29) is 0 Å². The Morgan fingerprint density at radius 2 is 1.76 bits per heavy atom. The van der Waals surface area contributed by atoms with Crippen molar-refractivity contribution in [1.29, 1.82) is 0 Å². The molecular formula is C18H19NO2. The van der Waals surface area contributed by atoms with E-state index in [1.54, 1.807) is 12.1 Å². The molecule has 0 aliphatic heterocycles. The van der Waals surface area contributed by atoms with Gasteiger partial charge in [0, 0.05) is 0 Å². The lowest BCUT2D eigenvalue weighted by Crippen LogP contribution is -1.96. The number of rotatable bonds is 7. The van der Waals surface area contributed by atoms with Gasteiger partial charge in [0.25, 0.3) is 0 Å². The zero-order valence-electron chi connectivity index (χ0n) is 11.9. The lowest BCUT2D eigenvalue weighted by Gasteiger charge is -2.09. The fraction of sp³-hybridized carbons (Fsp3) is 0.222. The van der Waals surface area contributed by atoms with Gasteiger partial charge in [-0.15, -0.1) is 4.91 Å². The van der Waals surface area contributed by atoms with Gasteiger partial charge in [-0.2, -0.15) is 0 Å². The number of nitroso groups, excluding NO2 is 1. The number of unbranched alkanes of at least 4 members (excludes halogenated alkanes) is 1. The molecule has 0 unspecified atom stereocenters. The highest BCUT2D eigenvalue weighted by Crippen LogP contribution is 2.19. The van der Waals surface area contributed by atoms with Gasteiger partial charge in [-0.1, -0.05) is 54.6 Å². The van der Waals surface area contributed by atoms with Gasteiger partial charge >= 0.3 is 0 Å². The molecular weight excluding hydrogens is 262 g/mol. The third-order valence-corrected chi connectivity index (χ3v) is 3.34. The predicted octanol–water partition coefficient (Wildman–Crippen LogP) is 5.00. The molecule has 3 heteroatoms. The van der Waals surface area contributed by atoms with Crippen LogP contribution in [0.1, 0.15) is 36.5 Å². The standard InChI is InChI=1S/C18H19NO2/c20-18(16-8-4-2-5-9-16)10-6-1-3-7-15-11-13-17(19-21)14-12-15/h2-5,7-9,11-14,18,20H,1,6,10H2/t18-/m0/s1. The molecule has 1 N–H and O–H groups in total. The smallest absolute Gasteiger partial charge is 0.108 e. The van der Waals surface area contributed by atoms with Crippen molar-refractivity contribution in [2.24, 2.45) is 5.18 Å². The Labute approximate surface area is 124 Å². The Bertz CT molecular complexity index is 576. The number of nitrogens with zero attached hydrogens (tertiary/aromatic N) is 1. The van der Waals surface area contributed by atoms with Gasteiger partial charge in [0.05, 0.1) is 6.10 Å². The summed E-state index contributed by atoms with van der Waals surface area (Å²) in [6.45, 7) is 0. The van der Waals surface area contributed by atoms with Crippen molar-refractivity contribution in [3.05, 3.63) is 76.7 Å². The van der Waals surface area contributed by atoms with Crippen molar-refractivity contribution < 1.29 is 5.11 Å².